The van der Waals surface area contributed by atoms with Gasteiger partial charge in [0.2, 0.25) is 0 Å². The minimum atomic E-state index is -0.923. The third kappa shape index (κ3) is 3.46. The van der Waals surface area contributed by atoms with Gasteiger partial charge in [0, 0.05) is 21.7 Å². The fourth-order valence-corrected chi connectivity index (χ4v) is 3.23. The lowest BCUT2D eigenvalue weighted by molar-refractivity contribution is 0.0696. The predicted molar refractivity (Wildman–Crippen MR) is 84.7 cm³/mol. The number of carboxylic acids is 1. The molecule has 0 aliphatic heterocycles. The van der Waals surface area contributed by atoms with Crippen molar-refractivity contribution in [2.24, 2.45) is 0 Å². The molecule has 0 fully saturated rings. The second-order valence-corrected chi connectivity index (χ2v) is 7.47. The van der Waals surface area contributed by atoms with Crippen LogP contribution in [0.4, 0.5) is 0 Å². The molecule has 0 saturated heterocycles. The Balaban J connectivity index is 2.24. The molecule has 0 amide bonds. The zero-order valence-electron chi connectivity index (χ0n) is 11.6. The first-order valence-corrected chi connectivity index (χ1v) is 7.91. The van der Waals surface area contributed by atoms with Gasteiger partial charge in [0.15, 0.2) is 0 Å². The van der Waals surface area contributed by atoms with Gasteiger partial charge in [0.25, 0.3) is 0 Å². The van der Waals surface area contributed by atoms with E-state index in [1.54, 1.807) is 23.5 Å². The smallest absolute Gasteiger partial charge is 0.336 e. The quantitative estimate of drug-likeness (QED) is 0.883. The van der Waals surface area contributed by atoms with Crippen molar-refractivity contribution in [2.75, 3.05) is 0 Å². The summed E-state index contributed by atoms with van der Waals surface area (Å²) >= 11 is 4.87. The molecule has 106 valence electrons. The number of carboxylic acid groups (broad SMARTS) is 1. The van der Waals surface area contributed by atoms with Crippen molar-refractivity contribution in [2.45, 2.75) is 32.6 Å². The summed E-state index contributed by atoms with van der Waals surface area (Å²) < 4.78 is 0.600. The third-order valence-corrected chi connectivity index (χ3v) is 4.48. The molecule has 1 aromatic carbocycles. The minimum Gasteiger partial charge on any atom is -0.478 e. The topological polar surface area (TPSA) is 50.2 Å². The van der Waals surface area contributed by atoms with Crippen LogP contribution >= 0.6 is 27.3 Å². The van der Waals surface area contributed by atoms with Gasteiger partial charge in [-0.25, -0.2) is 9.78 Å². The fraction of sp³-hybridized carbons (Fsp3) is 0.333. The number of aromatic carboxylic acids is 1. The van der Waals surface area contributed by atoms with Crippen molar-refractivity contribution in [3.8, 4) is 0 Å². The molecular weight excluding hydrogens is 338 g/mol. The number of hydrogen-bond acceptors (Lipinski definition) is 3. The molecule has 1 aromatic heterocycles. The van der Waals surface area contributed by atoms with E-state index in [2.05, 4.69) is 47.1 Å². The van der Waals surface area contributed by atoms with E-state index >= 15 is 0 Å². The fourth-order valence-electron chi connectivity index (χ4n) is 1.76. The standard InChI is InChI=1S/C15H16BrNO2S/c1-15(2,3)12-8-20-13(17-12)7-9-4-5-11(16)10(6-9)14(18)19/h4-6,8H,7H2,1-3H3,(H,18,19). The molecule has 0 aliphatic carbocycles. The number of halogens is 1. The van der Waals surface area contributed by atoms with E-state index in [0.29, 0.717) is 10.9 Å². The summed E-state index contributed by atoms with van der Waals surface area (Å²) in [6, 6.07) is 5.40. The lowest BCUT2D eigenvalue weighted by Crippen LogP contribution is -2.11. The van der Waals surface area contributed by atoms with Crippen LogP contribution in [0.2, 0.25) is 0 Å². The SMILES string of the molecule is CC(C)(C)c1csc(Cc2ccc(Br)c(C(=O)O)c2)n1. The predicted octanol–water partition coefficient (Wildman–Crippen LogP) is 4.49. The first-order valence-electron chi connectivity index (χ1n) is 6.24. The Labute approximate surface area is 130 Å². The second kappa shape index (κ2) is 5.66. The molecule has 2 rings (SSSR count). The highest BCUT2D eigenvalue weighted by Gasteiger charge is 2.17. The zero-order valence-corrected chi connectivity index (χ0v) is 14.0. The Hall–Kier alpha value is -1.20. The molecule has 0 spiro atoms. The van der Waals surface area contributed by atoms with E-state index in [4.69, 9.17) is 5.11 Å². The molecule has 20 heavy (non-hydrogen) atoms. The number of thiazole rings is 1. The Morgan fingerprint density at radius 3 is 2.65 bits per heavy atom. The largest absolute Gasteiger partial charge is 0.478 e. The average Bonchev–Trinajstić information content (AvgIpc) is 2.79. The van der Waals surface area contributed by atoms with Gasteiger partial charge in [-0.15, -0.1) is 11.3 Å². The Bertz CT molecular complexity index is 644. The van der Waals surface area contributed by atoms with Crippen LogP contribution in [0.5, 0.6) is 0 Å². The molecule has 1 heterocycles. The van der Waals surface area contributed by atoms with E-state index < -0.39 is 5.97 Å². The van der Waals surface area contributed by atoms with Gasteiger partial charge in [-0.3, -0.25) is 0 Å². The molecule has 0 unspecified atom stereocenters. The van der Waals surface area contributed by atoms with Crippen LogP contribution in [0.1, 0.15) is 47.4 Å². The molecule has 0 atom stereocenters. The second-order valence-electron chi connectivity index (χ2n) is 5.67. The normalized spacial score (nSPS) is 11.6. The van der Waals surface area contributed by atoms with Crippen LogP contribution in [0.3, 0.4) is 0 Å². The van der Waals surface area contributed by atoms with Crippen molar-refractivity contribution in [3.05, 3.63) is 49.9 Å². The van der Waals surface area contributed by atoms with Crippen molar-refractivity contribution in [1.29, 1.82) is 0 Å². The van der Waals surface area contributed by atoms with Gasteiger partial charge in [-0.2, -0.15) is 0 Å². The zero-order chi connectivity index (χ0) is 14.9. The lowest BCUT2D eigenvalue weighted by Gasteiger charge is -2.14. The third-order valence-electron chi connectivity index (χ3n) is 2.94. The number of rotatable bonds is 3. The number of nitrogens with zero attached hydrogens (tertiary/aromatic N) is 1. The highest BCUT2D eigenvalue weighted by atomic mass is 79.9. The highest BCUT2D eigenvalue weighted by Crippen LogP contribution is 2.26. The summed E-state index contributed by atoms with van der Waals surface area (Å²) in [6.45, 7) is 6.40. The first kappa shape index (κ1) is 15.2. The van der Waals surface area contributed by atoms with Crippen LogP contribution in [-0.2, 0) is 11.8 Å². The van der Waals surface area contributed by atoms with Crippen LogP contribution < -0.4 is 0 Å². The molecular formula is C15H16BrNO2S. The van der Waals surface area contributed by atoms with Crippen LogP contribution in [0, 0.1) is 0 Å². The maximum absolute atomic E-state index is 11.1. The summed E-state index contributed by atoms with van der Waals surface area (Å²) in [5.41, 5.74) is 2.37. The monoisotopic (exact) mass is 353 g/mol. The number of hydrogen-bond donors (Lipinski definition) is 1. The number of benzene rings is 1. The molecule has 0 bridgehead atoms. The Kier molecular flexibility index (Phi) is 4.30. The molecule has 1 N–H and O–H groups in total. The summed E-state index contributed by atoms with van der Waals surface area (Å²) in [6.07, 6.45) is 0.661. The van der Waals surface area contributed by atoms with Gasteiger partial charge in [-0.05, 0) is 33.6 Å². The van der Waals surface area contributed by atoms with Crippen molar-refractivity contribution in [3.63, 3.8) is 0 Å². The summed E-state index contributed by atoms with van der Waals surface area (Å²) in [7, 11) is 0. The van der Waals surface area contributed by atoms with Gasteiger partial charge < -0.3 is 5.11 Å². The van der Waals surface area contributed by atoms with Crippen molar-refractivity contribution in [1.82, 2.24) is 4.98 Å². The van der Waals surface area contributed by atoms with Gasteiger partial charge in [0.1, 0.15) is 0 Å². The first-order chi connectivity index (χ1) is 9.27. The van der Waals surface area contributed by atoms with Crippen molar-refractivity contribution >= 4 is 33.2 Å². The van der Waals surface area contributed by atoms with E-state index in [1.807, 2.05) is 6.07 Å². The molecule has 3 nitrogen and oxygen atoms in total. The van der Waals surface area contributed by atoms with Crippen LogP contribution in [0.15, 0.2) is 28.1 Å². The molecule has 0 saturated carbocycles. The van der Waals surface area contributed by atoms with Crippen LogP contribution in [0.25, 0.3) is 0 Å². The van der Waals surface area contributed by atoms with E-state index in [1.165, 1.54) is 0 Å². The summed E-state index contributed by atoms with van der Waals surface area (Å²) in [5, 5.41) is 12.2. The Morgan fingerprint density at radius 2 is 2.10 bits per heavy atom. The lowest BCUT2D eigenvalue weighted by atomic mass is 9.93. The minimum absolute atomic E-state index is 0.0424. The molecule has 0 aliphatic rings. The maximum Gasteiger partial charge on any atom is 0.336 e. The number of aromatic nitrogens is 1. The molecule has 0 radical (unpaired) electrons. The molecule has 2 aromatic rings. The summed E-state index contributed by atoms with van der Waals surface area (Å²) in [5.74, 6) is -0.923. The highest BCUT2D eigenvalue weighted by molar-refractivity contribution is 9.10. The Morgan fingerprint density at radius 1 is 1.40 bits per heavy atom. The van der Waals surface area contributed by atoms with Gasteiger partial charge in [-0.1, -0.05) is 26.8 Å². The molecule has 5 heteroatoms. The summed E-state index contributed by atoms with van der Waals surface area (Å²) in [4.78, 5) is 15.8. The van der Waals surface area contributed by atoms with Gasteiger partial charge in [0.05, 0.1) is 16.3 Å². The average molecular weight is 354 g/mol. The van der Waals surface area contributed by atoms with E-state index in [-0.39, 0.29) is 11.0 Å². The van der Waals surface area contributed by atoms with E-state index in [9.17, 15) is 4.79 Å². The maximum atomic E-state index is 11.1. The van der Waals surface area contributed by atoms with E-state index in [0.717, 1.165) is 16.3 Å². The van der Waals surface area contributed by atoms with Crippen LogP contribution in [-0.4, -0.2) is 16.1 Å². The van der Waals surface area contributed by atoms with Crippen molar-refractivity contribution < 1.29 is 9.90 Å². The number of carbonyl (C=O) groups is 1. The van der Waals surface area contributed by atoms with Gasteiger partial charge >= 0.3 is 5.97 Å².